The Morgan fingerprint density at radius 2 is 1.58 bits per heavy atom. The quantitative estimate of drug-likeness (QED) is 0.271. The third kappa shape index (κ3) is 16.5. The molecule has 4 nitrogen and oxygen atoms in total. The molecule has 3 N–H and O–H groups in total. The lowest BCUT2D eigenvalue weighted by molar-refractivity contribution is -0.137. The zero-order chi connectivity index (χ0) is 18.0. The molecule has 0 amide bonds. The molecule has 0 radical (unpaired) electrons. The van der Waals surface area contributed by atoms with Crippen LogP contribution in [0.2, 0.25) is 0 Å². The van der Waals surface area contributed by atoms with Crippen LogP contribution in [0.3, 0.4) is 0 Å². The normalized spacial score (nSPS) is 15.5. The number of unbranched alkanes of at least 4 members (excludes halogenated alkanes) is 1. The van der Waals surface area contributed by atoms with Gasteiger partial charge in [0.1, 0.15) is 0 Å². The van der Waals surface area contributed by atoms with Crippen molar-refractivity contribution in [1.82, 2.24) is 0 Å². The number of allylic oxidation sites excluding steroid dienone is 7. The molecule has 4 heteroatoms. The van der Waals surface area contributed by atoms with E-state index in [9.17, 15) is 15.0 Å². The Morgan fingerprint density at radius 3 is 2.25 bits per heavy atom. The topological polar surface area (TPSA) is 77.8 Å². The van der Waals surface area contributed by atoms with Crippen molar-refractivity contribution in [3.63, 3.8) is 0 Å². The van der Waals surface area contributed by atoms with Crippen LogP contribution in [0.5, 0.6) is 0 Å². The van der Waals surface area contributed by atoms with Crippen molar-refractivity contribution < 1.29 is 20.1 Å². The highest BCUT2D eigenvalue weighted by Gasteiger charge is 1.94. The lowest BCUT2D eigenvalue weighted by atomic mass is 10.2. The smallest absolute Gasteiger partial charge is 0.303 e. The van der Waals surface area contributed by atoms with Crippen LogP contribution >= 0.6 is 0 Å². The average molecular weight is 334 g/mol. The first-order valence-electron chi connectivity index (χ1n) is 8.45. The van der Waals surface area contributed by atoms with E-state index in [-0.39, 0.29) is 6.42 Å². The zero-order valence-corrected chi connectivity index (χ0v) is 14.4. The maximum atomic E-state index is 10.3. The fourth-order valence-corrected chi connectivity index (χ4v) is 1.72. The van der Waals surface area contributed by atoms with Gasteiger partial charge in [0.25, 0.3) is 0 Å². The maximum Gasteiger partial charge on any atom is 0.303 e. The van der Waals surface area contributed by atoms with E-state index in [1.54, 1.807) is 18.2 Å². The lowest BCUT2D eigenvalue weighted by Crippen LogP contribution is -1.99. The van der Waals surface area contributed by atoms with Gasteiger partial charge in [0.05, 0.1) is 12.2 Å². The largest absolute Gasteiger partial charge is 0.481 e. The van der Waals surface area contributed by atoms with E-state index in [2.05, 4.69) is 0 Å². The molecule has 0 saturated heterocycles. The van der Waals surface area contributed by atoms with Crippen molar-refractivity contribution in [2.24, 2.45) is 0 Å². The zero-order valence-electron chi connectivity index (χ0n) is 14.4. The maximum absolute atomic E-state index is 10.3. The molecular formula is C20H30O4. The van der Waals surface area contributed by atoms with E-state index in [0.717, 1.165) is 12.8 Å². The molecule has 0 aromatic heterocycles. The Labute approximate surface area is 145 Å². The predicted octanol–water partition coefficient (Wildman–Crippen LogP) is 3.93. The number of carboxylic acids is 1. The van der Waals surface area contributed by atoms with Gasteiger partial charge in [0.2, 0.25) is 0 Å². The van der Waals surface area contributed by atoms with Crippen LogP contribution in [0.15, 0.2) is 60.8 Å². The highest BCUT2D eigenvalue weighted by Crippen LogP contribution is 1.99. The van der Waals surface area contributed by atoms with Gasteiger partial charge in [-0.15, -0.1) is 0 Å². The molecule has 134 valence electrons. The summed E-state index contributed by atoms with van der Waals surface area (Å²) in [4.78, 5) is 10.3. The summed E-state index contributed by atoms with van der Waals surface area (Å²) in [6, 6.07) is 0. The van der Waals surface area contributed by atoms with Crippen molar-refractivity contribution in [3.05, 3.63) is 60.8 Å². The van der Waals surface area contributed by atoms with E-state index in [4.69, 9.17) is 5.11 Å². The van der Waals surface area contributed by atoms with Gasteiger partial charge in [0.15, 0.2) is 0 Å². The molecule has 0 heterocycles. The number of carbonyl (C=O) groups is 1. The monoisotopic (exact) mass is 334 g/mol. The van der Waals surface area contributed by atoms with Crippen LogP contribution in [0.4, 0.5) is 0 Å². The average Bonchev–Trinajstić information content (AvgIpc) is 2.55. The van der Waals surface area contributed by atoms with Gasteiger partial charge in [-0.1, -0.05) is 67.7 Å². The summed E-state index contributed by atoms with van der Waals surface area (Å²) in [5.41, 5.74) is 0. The van der Waals surface area contributed by atoms with E-state index in [1.165, 1.54) is 0 Å². The summed E-state index contributed by atoms with van der Waals surface area (Å²) >= 11 is 0. The second-order valence-electron chi connectivity index (χ2n) is 5.40. The van der Waals surface area contributed by atoms with Crippen LogP contribution in [0.25, 0.3) is 0 Å². The molecule has 0 saturated carbocycles. The molecule has 24 heavy (non-hydrogen) atoms. The van der Waals surface area contributed by atoms with Crippen molar-refractivity contribution in [3.8, 4) is 0 Å². The number of aliphatic carboxylic acids is 1. The van der Waals surface area contributed by atoms with Gasteiger partial charge in [-0.25, -0.2) is 0 Å². The standard InChI is InChI=1S/C20H30O4/c1-2-18(21)14-11-9-12-16-19(22)15-10-7-5-3-4-6-8-13-17-20(23)24/h4-7,9-12,14-15,18-19,21-22H,2-3,8,13,16-17H2,1H3,(H,23,24)/b6-4-,7-5-,12-9-,14-11+,15-10-/t18-,19-/m1/s1. The van der Waals surface area contributed by atoms with Gasteiger partial charge < -0.3 is 15.3 Å². The van der Waals surface area contributed by atoms with Crippen molar-refractivity contribution in [1.29, 1.82) is 0 Å². The molecule has 0 spiro atoms. The van der Waals surface area contributed by atoms with Gasteiger partial charge in [-0.3, -0.25) is 4.79 Å². The van der Waals surface area contributed by atoms with E-state index < -0.39 is 18.2 Å². The lowest BCUT2D eigenvalue weighted by Gasteiger charge is -1.99. The van der Waals surface area contributed by atoms with Crippen LogP contribution in [0, 0.1) is 0 Å². The molecule has 0 aliphatic heterocycles. The number of aliphatic hydroxyl groups is 2. The number of hydrogen-bond donors (Lipinski definition) is 3. The first-order valence-corrected chi connectivity index (χ1v) is 8.45. The molecule has 0 bridgehead atoms. The third-order valence-corrected chi connectivity index (χ3v) is 3.16. The first-order chi connectivity index (χ1) is 11.6. The van der Waals surface area contributed by atoms with Crippen molar-refractivity contribution in [2.75, 3.05) is 0 Å². The number of aliphatic hydroxyl groups excluding tert-OH is 2. The SMILES string of the molecule is CC[C@@H](O)/C=C/C=C\C[C@H](O)/C=C\C=C/C/C=C\CCCC(=O)O. The molecule has 0 aromatic rings. The molecule has 2 atom stereocenters. The van der Waals surface area contributed by atoms with Gasteiger partial charge in [0, 0.05) is 6.42 Å². The molecular weight excluding hydrogens is 304 g/mol. The minimum absolute atomic E-state index is 0.213. The first kappa shape index (κ1) is 22.1. The fraction of sp³-hybridized carbons (Fsp3) is 0.450. The molecule has 0 unspecified atom stereocenters. The number of hydrogen-bond acceptors (Lipinski definition) is 3. The summed E-state index contributed by atoms with van der Waals surface area (Å²) in [7, 11) is 0. The Hall–Kier alpha value is -1.91. The Bertz CT molecular complexity index is 458. The second kappa shape index (κ2) is 16.0. The minimum atomic E-state index is -0.753. The number of rotatable bonds is 13. The van der Waals surface area contributed by atoms with E-state index >= 15 is 0 Å². The van der Waals surface area contributed by atoms with Crippen LogP contribution in [0.1, 0.15) is 45.4 Å². The molecule has 0 aliphatic rings. The van der Waals surface area contributed by atoms with Crippen molar-refractivity contribution in [2.45, 2.75) is 57.7 Å². The second-order valence-corrected chi connectivity index (χ2v) is 5.40. The Morgan fingerprint density at radius 1 is 0.917 bits per heavy atom. The fourth-order valence-electron chi connectivity index (χ4n) is 1.72. The summed E-state index contributed by atoms with van der Waals surface area (Å²) in [5.74, 6) is -0.753. The summed E-state index contributed by atoms with van der Waals surface area (Å²) in [6.07, 6.45) is 21.3. The Balaban J connectivity index is 3.77. The highest BCUT2D eigenvalue weighted by atomic mass is 16.4. The summed E-state index contributed by atoms with van der Waals surface area (Å²) < 4.78 is 0. The Kier molecular flexibility index (Phi) is 14.7. The van der Waals surface area contributed by atoms with Crippen LogP contribution < -0.4 is 0 Å². The van der Waals surface area contributed by atoms with Crippen molar-refractivity contribution >= 4 is 5.97 Å². The predicted molar refractivity (Wildman–Crippen MR) is 98.7 cm³/mol. The van der Waals surface area contributed by atoms with E-state index in [1.807, 2.05) is 49.5 Å². The molecule has 0 aromatic carbocycles. The molecule has 0 aliphatic carbocycles. The molecule has 0 rings (SSSR count). The minimum Gasteiger partial charge on any atom is -0.481 e. The summed E-state index contributed by atoms with van der Waals surface area (Å²) in [5, 5.41) is 27.5. The van der Waals surface area contributed by atoms with Gasteiger partial charge in [-0.2, -0.15) is 0 Å². The third-order valence-electron chi connectivity index (χ3n) is 3.16. The molecule has 0 fully saturated rings. The number of carboxylic acid groups (broad SMARTS) is 1. The van der Waals surface area contributed by atoms with Crippen LogP contribution in [-0.4, -0.2) is 33.5 Å². The van der Waals surface area contributed by atoms with Gasteiger partial charge >= 0.3 is 5.97 Å². The highest BCUT2D eigenvalue weighted by molar-refractivity contribution is 5.66. The van der Waals surface area contributed by atoms with Crippen LogP contribution in [-0.2, 0) is 4.79 Å². The van der Waals surface area contributed by atoms with Gasteiger partial charge in [-0.05, 0) is 32.1 Å². The van der Waals surface area contributed by atoms with E-state index in [0.29, 0.717) is 19.3 Å². The summed E-state index contributed by atoms with van der Waals surface area (Å²) in [6.45, 7) is 1.91.